The van der Waals surface area contributed by atoms with E-state index in [0.29, 0.717) is 5.92 Å². The van der Waals surface area contributed by atoms with Crippen molar-refractivity contribution >= 4 is 55.2 Å². The lowest BCUT2D eigenvalue weighted by atomic mass is 9.81. The Morgan fingerprint density at radius 2 is 1.18 bits per heavy atom. The first-order valence-corrected chi connectivity index (χ1v) is 20.0. The minimum absolute atomic E-state index is 0.00109. The standard InChI is InChI=1S/C53H43NO2/c1-3-35-33-47(37-18-8-5-9-19-37)54-46(30-26-34(2)51(35)38-27-31-50-45(32-38)42-22-12-14-24-48(42)55-50)41-21-11-10-20-40(41)43-29-28-39(36-16-6-4-7-17-36)53-52(43)44-23-13-15-25-49(44)56-53/h4-25,27-29,31-32,35,47H,3,26,30,33H2,1-2H3. The predicted octanol–water partition coefficient (Wildman–Crippen LogP) is 15.0. The summed E-state index contributed by atoms with van der Waals surface area (Å²) in [6.45, 7) is 4.69. The van der Waals surface area contributed by atoms with Gasteiger partial charge in [-0.1, -0.05) is 146 Å². The molecule has 2 aromatic heterocycles. The van der Waals surface area contributed by atoms with Crippen molar-refractivity contribution < 1.29 is 8.83 Å². The van der Waals surface area contributed by atoms with Crippen LogP contribution in [0.5, 0.6) is 0 Å². The minimum atomic E-state index is -0.00109. The van der Waals surface area contributed by atoms with E-state index in [1.807, 2.05) is 6.07 Å². The highest BCUT2D eigenvalue weighted by Gasteiger charge is 2.27. The summed E-state index contributed by atoms with van der Waals surface area (Å²) < 4.78 is 13.0. The third kappa shape index (κ3) is 5.95. The molecule has 0 bridgehead atoms. The van der Waals surface area contributed by atoms with E-state index >= 15 is 0 Å². The summed E-state index contributed by atoms with van der Waals surface area (Å²) in [6, 6.07) is 58.5. The van der Waals surface area contributed by atoms with Crippen LogP contribution in [-0.2, 0) is 0 Å². The summed E-state index contributed by atoms with van der Waals surface area (Å²) in [5, 5.41) is 4.61. The second-order valence-corrected chi connectivity index (χ2v) is 15.2. The molecule has 1 aliphatic heterocycles. The van der Waals surface area contributed by atoms with Crippen molar-refractivity contribution in [1.82, 2.24) is 0 Å². The van der Waals surface area contributed by atoms with Crippen LogP contribution < -0.4 is 0 Å². The Hall–Kier alpha value is -6.45. The molecule has 0 N–H and O–H groups in total. The molecule has 0 fully saturated rings. The molecule has 3 heteroatoms. The molecule has 272 valence electrons. The van der Waals surface area contributed by atoms with Gasteiger partial charge in [0.1, 0.15) is 22.3 Å². The number of para-hydroxylation sites is 2. The van der Waals surface area contributed by atoms with E-state index in [4.69, 9.17) is 13.8 Å². The van der Waals surface area contributed by atoms with Crippen LogP contribution in [0.15, 0.2) is 183 Å². The molecule has 10 rings (SSSR count). The third-order valence-electron chi connectivity index (χ3n) is 11.9. The summed E-state index contributed by atoms with van der Waals surface area (Å²) in [4.78, 5) is 5.81. The molecule has 1 aliphatic rings. The van der Waals surface area contributed by atoms with Crippen LogP contribution in [0.2, 0.25) is 0 Å². The maximum atomic E-state index is 6.71. The summed E-state index contributed by atoms with van der Waals surface area (Å²) >= 11 is 0. The summed E-state index contributed by atoms with van der Waals surface area (Å²) in [5.41, 5.74) is 16.0. The molecular weight excluding hydrogens is 683 g/mol. The van der Waals surface area contributed by atoms with Gasteiger partial charge in [0.15, 0.2) is 0 Å². The molecule has 3 heterocycles. The summed E-state index contributed by atoms with van der Waals surface area (Å²) in [5.74, 6) is 0.330. The quantitative estimate of drug-likeness (QED) is 0.171. The Bertz CT molecular complexity index is 2940. The molecule has 0 spiro atoms. The van der Waals surface area contributed by atoms with Gasteiger partial charge in [0.2, 0.25) is 0 Å². The minimum Gasteiger partial charge on any atom is -0.456 e. The second kappa shape index (κ2) is 14.3. The zero-order valence-electron chi connectivity index (χ0n) is 31.8. The van der Waals surface area contributed by atoms with Crippen LogP contribution in [0.1, 0.15) is 62.3 Å². The van der Waals surface area contributed by atoms with Gasteiger partial charge in [0.05, 0.1) is 6.04 Å². The van der Waals surface area contributed by atoms with Crippen molar-refractivity contribution in [3.05, 3.63) is 186 Å². The van der Waals surface area contributed by atoms with Crippen LogP contribution in [0.3, 0.4) is 0 Å². The first-order chi connectivity index (χ1) is 27.6. The molecule has 9 aromatic rings. The van der Waals surface area contributed by atoms with Gasteiger partial charge in [-0.15, -0.1) is 0 Å². The summed E-state index contributed by atoms with van der Waals surface area (Å²) in [6.07, 6.45) is 3.70. The normalized spacial score (nSPS) is 16.6. The Morgan fingerprint density at radius 3 is 1.96 bits per heavy atom. The molecule has 7 aromatic carbocycles. The molecule has 0 aliphatic carbocycles. The lowest BCUT2D eigenvalue weighted by Gasteiger charge is -2.25. The maximum Gasteiger partial charge on any atom is 0.143 e. The van der Waals surface area contributed by atoms with E-state index < -0.39 is 0 Å². The van der Waals surface area contributed by atoms with Crippen LogP contribution in [-0.4, -0.2) is 5.71 Å². The number of nitrogens with zero attached hydrogens (tertiary/aromatic N) is 1. The highest BCUT2D eigenvalue weighted by atomic mass is 16.3. The molecule has 2 unspecified atom stereocenters. The van der Waals surface area contributed by atoms with Gasteiger partial charge < -0.3 is 8.83 Å². The van der Waals surface area contributed by atoms with E-state index in [-0.39, 0.29) is 6.04 Å². The summed E-state index contributed by atoms with van der Waals surface area (Å²) in [7, 11) is 0. The number of fused-ring (bicyclic) bond motifs is 6. The zero-order valence-corrected chi connectivity index (χ0v) is 31.8. The van der Waals surface area contributed by atoms with Crippen molar-refractivity contribution in [2.45, 2.75) is 45.6 Å². The van der Waals surface area contributed by atoms with Crippen molar-refractivity contribution in [1.29, 1.82) is 0 Å². The zero-order chi connectivity index (χ0) is 37.6. The van der Waals surface area contributed by atoms with E-state index in [1.54, 1.807) is 0 Å². The lowest BCUT2D eigenvalue weighted by molar-refractivity contribution is 0.516. The van der Waals surface area contributed by atoms with Gasteiger partial charge in [-0.3, -0.25) is 4.99 Å². The van der Waals surface area contributed by atoms with Crippen LogP contribution in [0.4, 0.5) is 0 Å². The molecule has 0 amide bonds. The fourth-order valence-corrected chi connectivity index (χ4v) is 9.19. The smallest absolute Gasteiger partial charge is 0.143 e. The topological polar surface area (TPSA) is 38.6 Å². The lowest BCUT2D eigenvalue weighted by Crippen LogP contribution is -2.11. The average molecular weight is 726 g/mol. The number of allylic oxidation sites excluding steroid dienone is 2. The molecule has 56 heavy (non-hydrogen) atoms. The molecule has 0 saturated carbocycles. The average Bonchev–Trinajstić information content (AvgIpc) is 3.85. The SMILES string of the molecule is CCC1CC(c2ccccc2)N=C(c2ccccc2-c2ccc(-c3ccccc3)c3oc4ccccc4c23)CCC(C)=C1c1ccc2oc3ccccc3c2c1. The largest absolute Gasteiger partial charge is 0.456 e. The van der Waals surface area contributed by atoms with Crippen LogP contribution in [0, 0.1) is 5.92 Å². The molecule has 0 saturated heterocycles. The van der Waals surface area contributed by atoms with Crippen molar-refractivity contribution in [3.8, 4) is 22.3 Å². The maximum absolute atomic E-state index is 6.71. The number of hydrogen-bond donors (Lipinski definition) is 0. The number of benzene rings is 7. The molecule has 2 atom stereocenters. The fraction of sp³-hybridized carbons (Fsp3) is 0.151. The Morgan fingerprint density at radius 1 is 0.536 bits per heavy atom. The van der Waals surface area contributed by atoms with E-state index in [1.165, 1.54) is 49.7 Å². The fourth-order valence-electron chi connectivity index (χ4n) is 9.19. The van der Waals surface area contributed by atoms with Gasteiger partial charge in [0, 0.05) is 38.4 Å². The van der Waals surface area contributed by atoms with E-state index in [9.17, 15) is 0 Å². The van der Waals surface area contributed by atoms with Crippen molar-refractivity contribution in [3.63, 3.8) is 0 Å². The molecular formula is C53H43NO2. The van der Waals surface area contributed by atoms with Gasteiger partial charge in [-0.2, -0.15) is 0 Å². The first-order valence-electron chi connectivity index (χ1n) is 20.0. The first kappa shape index (κ1) is 34.1. The van der Waals surface area contributed by atoms with E-state index in [0.717, 1.165) is 75.6 Å². The van der Waals surface area contributed by atoms with Crippen molar-refractivity contribution in [2.75, 3.05) is 0 Å². The second-order valence-electron chi connectivity index (χ2n) is 15.2. The molecule has 0 radical (unpaired) electrons. The van der Waals surface area contributed by atoms with Gasteiger partial charge in [-0.25, -0.2) is 0 Å². The number of furan rings is 2. The Labute approximate surface area is 327 Å². The predicted molar refractivity (Wildman–Crippen MR) is 234 cm³/mol. The number of hydrogen-bond acceptors (Lipinski definition) is 3. The van der Waals surface area contributed by atoms with Gasteiger partial charge in [-0.05, 0) is 102 Å². The molecule has 3 nitrogen and oxygen atoms in total. The van der Waals surface area contributed by atoms with Crippen LogP contribution in [0.25, 0.3) is 71.7 Å². The van der Waals surface area contributed by atoms with Crippen molar-refractivity contribution in [2.24, 2.45) is 10.9 Å². The Kier molecular flexibility index (Phi) is 8.71. The number of aliphatic imine (C=N–C) groups is 1. The third-order valence-corrected chi connectivity index (χ3v) is 11.9. The van der Waals surface area contributed by atoms with Gasteiger partial charge >= 0.3 is 0 Å². The highest BCUT2D eigenvalue weighted by molar-refractivity contribution is 6.18. The monoisotopic (exact) mass is 725 g/mol. The Balaban J connectivity index is 1.14. The van der Waals surface area contributed by atoms with E-state index in [2.05, 4.69) is 172 Å². The highest BCUT2D eigenvalue weighted by Crippen LogP contribution is 2.45. The number of rotatable bonds is 6. The van der Waals surface area contributed by atoms with Gasteiger partial charge in [0.25, 0.3) is 0 Å². The van der Waals surface area contributed by atoms with Crippen LogP contribution >= 0.6 is 0 Å².